The van der Waals surface area contributed by atoms with Crippen molar-refractivity contribution in [2.75, 3.05) is 13.7 Å². The molecule has 0 radical (unpaired) electrons. The van der Waals surface area contributed by atoms with Gasteiger partial charge in [0.25, 0.3) is 0 Å². The molecule has 0 heterocycles. The van der Waals surface area contributed by atoms with Crippen molar-refractivity contribution >= 4 is 5.91 Å². The zero-order valence-corrected chi connectivity index (χ0v) is 13.8. The number of hydrogen-bond donors (Lipinski definition) is 0. The molecule has 0 aliphatic carbocycles. The molecule has 23 heavy (non-hydrogen) atoms. The predicted molar refractivity (Wildman–Crippen MR) is 88.9 cm³/mol. The lowest BCUT2D eigenvalue weighted by atomic mass is 10.1. The van der Waals surface area contributed by atoms with Gasteiger partial charge in [0.1, 0.15) is 11.6 Å². The van der Waals surface area contributed by atoms with E-state index in [9.17, 15) is 9.18 Å². The molecule has 0 N–H and O–H groups in total. The van der Waals surface area contributed by atoms with Crippen LogP contribution in [-0.4, -0.2) is 24.5 Å². The number of ether oxygens (including phenoxy) is 1. The maximum Gasteiger partial charge on any atom is 0.227 e. The van der Waals surface area contributed by atoms with Crippen molar-refractivity contribution in [3.05, 3.63) is 65.5 Å². The van der Waals surface area contributed by atoms with E-state index >= 15 is 0 Å². The van der Waals surface area contributed by atoms with E-state index in [2.05, 4.69) is 0 Å². The molecule has 3 nitrogen and oxygen atoms in total. The van der Waals surface area contributed by atoms with E-state index in [1.54, 1.807) is 30.1 Å². The van der Waals surface area contributed by atoms with Gasteiger partial charge in [0.2, 0.25) is 5.91 Å². The summed E-state index contributed by atoms with van der Waals surface area (Å²) >= 11 is 0. The van der Waals surface area contributed by atoms with Crippen LogP contribution in [0.5, 0.6) is 5.75 Å². The first-order valence-electron chi connectivity index (χ1n) is 7.74. The minimum atomic E-state index is -0.314. The van der Waals surface area contributed by atoms with E-state index in [4.69, 9.17) is 4.74 Å². The molecule has 0 spiro atoms. The van der Waals surface area contributed by atoms with Crippen LogP contribution in [0.15, 0.2) is 48.5 Å². The van der Waals surface area contributed by atoms with E-state index in [1.807, 2.05) is 38.1 Å². The summed E-state index contributed by atoms with van der Waals surface area (Å²) in [6.45, 7) is 4.37. The molecule has 4 heteroatoms. The number of carbonyl (C=O) groups excluding carboxylic acids is 1. The minimum absolute atomic E-state index is 0.0510. The summed E-state index contributed by atoms with van der Waals surface area (Å²) in [5.74, 6) is 0.447. The van der Waals surface area contributed by atoms with Gasteiger partial charge < -0.3 is 9.64 Å². The van der Waals surface area contributed by atoms with Crippen molar-refractivity contribution in [3.63, 3.8) is 0 Å². The average Bonchev–Trinajstić information content (AvgIpc) is 2.56. The predicted octanol–water partition coefficient (Wildman–Crippen LogP) is 3.99. The lowest BCUT2D eigenvalue weighted by Gasteiger charge is -2.25. The van der Waals surface area contributed by atoms with Gasteiger partial charge in [-0.05, 0) is 37.6 Å². The third kappa shape index (κ3) is 4.31. The van der Waals surface area contributed by atoms with E-state index < -0.39 is 0 Å². The Morgan fingerprint density at radius 3 is 2.43 bits per heavy atom. The first-order valence-corrected chi connectivity index (χ1v) is 7.74. The Labute approximate surface area is 136 Å². The Morgan fingerprint density at radius 1 is 1.17 bits per heavy atom. The summed E-state index contributed by atoms with van der Waals surface area (Å²) in [6.07, 6.45) is 0.279. The fourth-order valence-electron chi connectivity index (χ4n) is 2.41. The first-order chi connectivity index (χ1) is 11.0. The van der Waals surface area contributed by atoms with Gasteiger partial charge in [-0.2, -0.15) is 0 Å². The Hall–Kier alpha value is -2.36. The Morgan fingerprint density at radius 2 is 1.83 bits per heavy atom. The summed E-state index contributed by atoms with van der Waals surface area (Å²) in [5, 5.41) is 0. The van der Waals surface area contributed by atoms with Crippen molar-refractivity contribution in [1.82, 2.24) is 4.90 Å². The molecular weight excluding hydrogens is 293 g/mol. The van der Waals surface area contributed by atoms with Gasteiger partial charge in [-0.1, -0.05) is 30.3 Å². The molecule has 1 unspecified atom stereocenters. The zero-order valence-electron chi connectivity index (χ0n) is 13.8. The summed E-state index contributed by atoms with van der Waals surface area (Å²) in [4.78, 5) is 14.0. The molecule has 1 atom stereocenters. The lowest BCUT2D eigenvalue weighted by Crippen LogP contribution is -2.31. The standard InChI is InChI=1S/C19H22FNO2/c1-4-23-16-11-9-15(10-12-16)13-19(22)21(3)14(2)17-7-5-6-8-18(17)20/h5-12,14H,4,13H2,1-3H3. The molecule has 122 valence electrons. The molecule has 0 aliphatic heterocycles. The number of benzene rings is 2. The SMILES string of the molecule is CCOc1ccc(CC(=O)N(C)C(C)c2ccccc2F)cc1. The van der Waals surface area contributed by atoms with Crippen LogP contribution in [0.25, 0.3) is 0 Å². The van der Waals surface area contributed by atoms with Crippen LogP contribution < -0.4 is 4.74 Å². The van der Waals surface area contributed by atoms with E-state index in [0.29, 0.717) is 12.2 Å². The summed E-state index contributed by atoms with van der Waals surface area (Å²) < 4.78 is 19.2. The normalized spacial score (nSPS) is 11.8. The van der Waals surface area contributed by atoms with Crippen LogP contribution in [0.3, 0.4) is 0 Å². The number of amides is 1. The average molecular weight is 315 g/mol. The number of carbonyl (C=O) groups is 1. The summed E-state index contributed by atoms with van der Waals surface area (Å²) in [5.41, 5.74) is 1.43. The Kier molecular flexibility index (Phi) is 5.74. The second kappa shape index (κ2) is 7.77. The van der Waals surface area contributed by atoms with E-state index in [-0.39, 0.29) is 24.2 Å². The molecule has 0 bridgehead atoms. The van der Waals surface area contributed by atoms with Gasteiger partial charge in [-0.25, -0.2) is 4.39 Å². The fourth-order valence-corrected chi connectivity index (χ4v) is 2.41. The number of hydrogen-bond acceptors (Lipinski definition) is 2. The van der Waals surface area contributed by atoms with Gasteiger partial charge in [0, 0.05) is 12.6 Å². The molecular formula is C19H22FNO2. The van der Waals surface area contributed by atoms with Crippen LogP contribution in [0, 0.1) is 5.82 Å². The highest BCUT2D eigenvalue weighted by atomic mass is 19.1. The Bertz CT molecular complexity index is 655. The molecule has 0 fully saturated rings. The van der Waals surface area contributed by atoms with Crippen molar-refractivity contribution in [2.24, 2.45) is 0 Å². The minimum Gasteiger partial charge on any atom is -0.494 e. The summed E-state index contributed by atoms with van der Waals surface area (Å²) in [6, 6.07) is 13.7. The molecule has 0 aromatic heterocycles. The maximum atomic E-state index is 13.9. The van der Waals surface area contributed by atoms with Crippen LogP contribution in [0.4, 0.5) is 4.39 Å². The molecule has 0 saturated carbocycles. The second-order valence-electron chi connectivity index (χ2n) is 5.46. The quantitative estimate of drug-likeness (QED) is 0.807. The molecule has 0 saturated heterocycles. The van der Waals surface area contributed by atoms with Gasteiger partial charge in [0.15, 0.2) is 0 Å². The highest BCUT2D eigenvalue weighted by molar-refractivity contribution is 5.79. The third-order valence-corrected chi connectivity index (χ3v) is 3.92. The Balaban J connectivity index is 2.03. The van der Waals surface area contributed by atoms with E-state index in [0.717, 1.165) is 11.3 Å². The molecule has 2 rings (SSSR count). The van der Waals surface area contributed by atoms with Crippen molar-refractivity contribution in [3.8, 4) is 5.75 Å². The number of nitrogens with zero attached hydrogens (tertiary/aromatic N) is 1. The monoisotopic (exact) mass is 315 g/mol. The second-order valence-corrected chi connectivity index (χ2v) is 5.46. The van der Waals surface area contributed by atoms with Crippen LogP contribution in [0.2, 0.25) is 0 Å². The van der Waals surface area contributed by atoms with Crippen LogP contribution >= 0.6 is 0 Å². The first kappa shape index (κ1) is 17.0. The zero-order chi connectivity index (χ0) is 16.8. The molecule has 2 aromatic carbocycles. The number of halogens is 1. The van der Waals surface area contributed by atoms with Crippen LogP contribution in [0.1, 0.15) is 31.0 Å². The lowest BCUT2D eigenvalue weighted by molar-refractivity contribution is -0.131. The third-order valence-electron chi connectivity index (χ3n) is 3.92. The van der Waals surface area contributed by atoms with Crippen LogP contribution in [-0.2, 0) is 11.2 Å². The molecule has 2 aromatic rings. The van der Waals surface area contributed by atoms with Crippen molar-refractivity contribution < 1.29 is 13.9 Å². The number of rotatable bonds is 6. The van der Waals surface area contributed by atoms with Gasteiger partial charge in [-0.3, -0.25) is 4.79 Å². The highest BCUT2D eigenvalue weighted by Gasteiger charge is 2.20. The van der Waals surface area contributed by atoms with Gasteiger partial charge in [0.05, 0.1) is 19.1 Å². The van der Waals surface area contributed by atoms with Crippen molar-refractivity contribution in [1.29, 1.82) is 0 Å². The van der Waals surface area contributed by atoms with Gasteiger partial charge in [-0.15, -0.1) is 0 Å². The smallest absolute Gasteiger partial charge is 0.227 e. The molecule has 1 amide bonds. The van der Waals surface area contributed by atoms with Crippen molar-refractivity contribution in [2.45, 2.75) is 26.3 Å². The van der Waals surface area contributed by atoms with E-state index in [1.165, 1.54) is 6.07 Å². The highest BCUT2D eigenvalue weighted by Crippen LogP contribution is 2.22. The summed E-state index contributed by atoms with van der Waals surface area (Å²) in [7, 11) is 1.70. The fraction of sp³-hybridized carbons (Fsp3) is 0.316. The van der Waals surface area contributed by atoms with Gasteiger partial charge >= 0.3 is 0 Å². The molecule has 0 aliphatic rings. The topological polar surface area (TPSA) is 29.5 Å². The largest absolute Gasteiger partial charge is 0.494 e. The number of likely N-dealkylation sites (N-methyl/N-ethyl adjacent to an activating group) is 1. The maximum absolute atomic E-state index is 13.9.